The number of hydrogen-bond donors (Lipinski definition) is 1. The molecule has 116 valence electrons. The van der Waals surface area contributed by atoms with Crippen molar-refractivity contribution in [2.75, 3.05) is 0 Å². The van der Waals surface area contributed by atoms with E-state index in [-0.39, 0.29) is 18.3 Å². The first-order chi connectivity index (χ1) is 10.4. The lowest BCUT2D eigenvalue weighted by atomic mass is 10.2. The van der Waals surface area contributed by atoms with E-state index in [9.17, 15) is 18.0 Å². The van der Waals surface area contributed by atoms with Crippen molar-refractivity contribution in [3.63, 3.8) is 0 Å². The highest BCUT2D eigenvalue weighted by Crippen LogP contribution is 2.30. The van der Waals surface area contributed by atoms with Crippen LogP contribution in [0.1, 0.15) is 34.8 Å². The van der Waals surface area contributed by atoms with Gasteiger partial charge in [-0.1, -0.05) is 11.3 Å². The normalized spacial score (nSPS) is 14.9. The molecule has 1 N–H and O–H groups in total. The largest absolute Gasteiger partial charge is 0.433 e. The van der Waals surface area contributed by atoms with Crippen molar-refractivity contribution in [2.24, 2.45) is 0 Å². The molecule has 0 spiro atoms. The van der Waals surface area contributed by atoms with E-state index in [0.29, 0.717) is 5.82 Å². The van der Waals surface area contributed by atoms with Crippen LogP contribution in [0.4, 0.5) is 13.2 Å². The average molecular weight is 312 g/mol. The van der Waals surface area contributed by atoms with Crippen LogP contribution in [0.15, 0.2) is 18.2 Å². The zero-order valence-corrected chi connectivity index (χ0v) is 11.2. The van der Waals surface area contributed by atoms with E-state index in [4.69, 9.17) is 0 Å². The van der Waals surface area contributed by atoms with Gasteiger partial charge in [0.1, 0.15) is 11.4 Å². The van der Waals surface area contributed by atoms with Gasteiger partial charge in [-0.25, -0.2) is 4.98 Å². The lowest BCUT2D eigenvalue weighted by molar-refractivity contribution is -0.141. The number of rotatable bonds is 4. The number of pyridine rings is 1. The van der Waals surface area contributed by atoms with E-state index in [2.05, 4.69) is 25.6 Å². The van der Waals surface area contributed by atoms with Crippen molar-refractivity contribution in [2.45, 2.75) is 31.6 Å². The summed E-state index contributed by atoms with van der Waals surface area (Å²) in [6.45, 7) is 0.0813. The molecule has 0 unspecified atom stereocenters. The molecule has 0 aromatic carbocycles. The predicted octanol–water partition coefficient (Wildman–Crippen LogP) is 1.42. The van der Waals surface area contributed by atoms with Crippen LogP contribution in [0.3, 0.4) is 0 Å². The summed E-state index contributed by atoms with van der Waals surface area (Å²) < 4.78 is 38.1. The summed E-state index contributed by atoms with van der Waals surface area (Å²) in [6.07, 6.45) is -3.00. The Morgan fingerprint density at radius 2 is 2.14 bits per heavy atom. The summed E-state index contributed by atoms with van der Waals surface area (Å²) in [7, 11) is 0. The third-order valence-electron chi connectivity index (χ3n) is 3.21. The van der Waals surface area contributed by atoms with E-state index in [1.165, 1.54) is 17.0 Å². The predicted molar refractivity (Wildman–Crippen MR) is 66.3 cm³/mol. The van der Waals surface area contributed by atoms with E-state index < -0.39 is 17.8 Å². The first-order valence-electron chi connectivity index (χ1n) is 6.52. The monoisotopic (exact) mass is 312 g/mol. The van der Waals surface area contributed by atoms with Gasteiger partial charge in [-0.2, -0.15) is 18.4 Å². The highest BCUT2D eigenvalue weighted by Gasteiger charge is 2.36. The molecule has 2 heterocycles. The van der Waals surface area contributed by atoms with Crippen LogP contribution < -0.4 is 0 Å². The van der Waals surface area contributed by atoms with Gasteiger partial charge in [-0.05, 0) is 25.0 Å². The summed E-state index contributed by atoms with van der Waals surface area (Å²) in [5.74, 6) is -0.273. The van der Waals surface area contributed by atoms with Gasteiger partial charge >= 0.3 is 6.18 Å². The van der Waals surface area contributed by atoms with Crippen LogP contribution in [0.2, 0.25) is 0 Å². The minimum absolute atomic E-state index is 0.0256. The number of tetrazole rings is 1. The SMILES string of the molecule is O=C(c1cccc(C(F)(F)F)n1)N(Cc1nn[nH]n1)C1CC1. The Hall–Kier alpha value is -2.52. The maximum absolute atomic E-state index is 12.7. The highest BCUT2D eigenvalue weighted by atomic mass is 19.4. The number of H-pyrrole nitrogens is 1. The molecule has 1 aliphatic carbocycles. The quantitative estimate of drug-likeness (QED) is 0.922. The molecule has 1 fully saturated rings. The van der Waals surface area contributed by atoms with Crippen molar-refractivity contribution in [1.29, 1.82) is 0 Å². The molecule has 0 bridgehead atoms. The first kappa shape index (κ1) is 14.4. The molecule has 2 aromatic heterocycles. The summed E-state index contributed by atoms with van der Waals surface area (Å²) in [5.41, 5.74) is -1.33. The van der Waals surface area contributed by atoms with E-state index >= 15 is 0 Å². The standard InChI is InChI=1S/C12H11F3N6O/c13-12(14,15)9-3-1-2-8(16-9)11(22)21(7-4-5-7)6-10-17-19-20-18-10/h1-3,7H,4-6H2,(H,17,18,19,20). The molecular weight excluding hydrogens is 301 g/mol. The maximum atomic E-state index is 12.7. The fraction of sp³-hybridized carbons (Fsp3) is 0.417. The van der Waals surface area contributed by atoms with E-state index in [1.54, 1.807) is 0 Å². The number of halogens is 3. The number of aromatic nitrogens is 5. The fourth-order valence-corrected chi connectivity index (χ4v) is 2.01. The van der Waals surface area contributed by atoms with Gasteiger partial charge in [0.15, 0.2) is 5.82 Å². The molecule has 1 saturated carbocycles. The Labute approximate surface area is 122 Å². The van der Waals surface area contributed by atoms with E-state index in [1.807, 2.05) is 0 Å². The Morgan fingerprint density at radius 3 is 2.73 bits per heavy atom. The second kappa shape index (κ2) is 5.35. The van der Waals surface area contributed by atoms with Crippen molar-refractivity contribution >= 4 is 5.91 Å². The van der Waals surface area contributed by atoms with Crippen molar-refractivity contribution < 1.29 is 18.0 Å². The van der Waals surface area contributed by atoms with Gasteiger partial charge in [0.25, 0.3) is 5.91 Å². The first-order valence-corrected chi connectivity index (χ1v) is 6.52. The summed E-state index contributed by atoms with van der Waals surface area (Å²) in [6, 6.07) is 3.24. The van der Waals surface area contributed by atoms with Crippen LogP contribution >= 0.6 is 0 Å². The van der Waals surface area contributed by atoms with Gasteiger partial charge in [0.05, 0.1) is 6.54 Å². The van der Waals surface area contributed by atoms with Gasteiger partial charge < -0.3 is 4.90 Å². The van der Waals surface area contributed by atoms with Crippen molar-refractivity contribution in [3.8, 4) is 0 Å². The molecule has 0 atom stereocenters. The molecule has 0 radical (unpaired) electrons. The number of alkyl halides is 3. The van der Waals surface area contributed by atoms with Gasteiger partial charge in [-0.3, -0.25) is 4.79 Å². The smallest absolute Gasteiger partial charge is 0.327 e. The highest BCUT2D eigenvalue weighted by molar-refractivity contribution is 5.92. The van der Waals surface area contributed by atoms with E-state index in [0.717, 1.165) is 18.9 Å². The molecular formula is C12H11F3N6O. The minimum atomic E-state index is -4.59. The van der Waals surface area contributed by atoms with Crippen LogP contribution in [-0.4, -0.2) is 42.5 Å². The summed E-state index contributed by atoms with van der Waals surface area (Å²) in [4.78, 5) is 17.3. The van der Waals surface area contributed by atoms with Crippen molar-refractivity contribution in [3.05, 3.63) is 35.4 Å². The molecule has 7 nitrogen and oxygen atoms in total. The second-order valence-electron chi connectivity index (χ2n) is 4.90. The lowest BCUT2D eigenvalue weighted by Gasteiger charge is -2.20. The molecule has 1 aliphatic rings. The number of hydrogen-bond acceptors (Lipinski definition) is 5. The number of carbonyl (C=O) groups is 1. The average Bonchev–Trinajstić information content (AvgIpc) is 3.20. The minimum Gasteiger partial charge on any atom is -0.327 e. The van der Waals surface area contributed by atoms with Gasteiger partial charge in [-0.15, -0.1) is 10.2 Å². The molecule has 3 rings (SSSR count). The van der Waals surface area contributed by atoms with Crippen LogP contribution in [-0.2, 0) is 12.7 Å². The Kier molecular flexibility index (Phi) is 3.51. The zero-order valence-electron chi connectivity index (χ0n) is 11.2. The lowest BCUT2D eigenvalue weighted by Crippen LogP contribution is -2.34. The molecule has 0 saturated heterocycles. The molecule has 0 aliphatic heterocycles. The molecule has 1 amide bonds. The Bertz CT molecular complexity index is 668. The molecule has 10 heteroatoms. The maximum Gasteiger partial charge on any atom is 0.433 e. The molecule has 2 aromatic rings. The Balaban J connectivity index is 1.84. The summed E-state index contributed by atoms with van der Waals surface area (Å²) in [5, 5.41) is 13.2. The van der Waals surface area contributed by atoms with Crippen LogP contribution in [0.25, 0.3) is 0 Å². The van der Waals surface area contributed by atoms with Crippen LogP contribution in [0.5, 0.6) is 0 Å². The van der Waals surface area contributed by atoms with Gasteiger partial charge in [0, 0.05) is 6.04 Å². The summed E-state index contributed by atoms with van der Waals surface area (Å²) >= 11 is 0. The zero-order chi connectivity index (χ0) is 15.7. The molecule has 22 heavy (non-hydrogen) atoms. The number of aromatic amines is 1. The number of carbonyl (C=O) groups excluding carboxylic acids is 1. The van der Waals surface area contributed by atoms with Gasteiger partial charge in [0.2, 0.25) is 0 Å². The second-order valence-corrected chi connectivity index (χ2v) is 4.90. The fourth-order valence-electron chi connectivity index (χ4n) is 2.01. The van der Waals surface area contributed by atoms with Crippen LogP contribution in [0, 0.1) is 0 Å². The topological polar surface area (TPSA) is 87.7 Å². The number of nitrogens with zero attached hydrogens (tertiary/aromatic N) is 5. The Morgan fingerprint density at radius 1 is 1.36 bits per heavy atom. The number of amides is 1. The third kappa shape index (κ3) is 3.05. The van der Waals surface area contributed by atoms with Crippen molar-refractivity contribution in [1.82, 2.24) is 30.5 Å². The number of nitrogens with one attached hydrogen (secondary N) is 1. The third-order valence-corrected chi connectivity index (χ3v) is 3.21.